The van der Waals surface area contributed by atoms with Crippen LogP contribution >= 0.6 is 0 Å². The summed E-state index contributed by atoms with van der Waals surface area (Å²) in [7, 11) is 0. The monoisotopic (exact) mass is 378 g/mol. The molecule has 154 valence electrons. The van der Waals surface area contributed by atoms with Crippen LogP contribution in [0.5, 0.6) is 0 Å². The molecule has 0 aromatic heterocycles. The first-order chi connectivity index (χ1) is 11.9. The van der Waals surface area contributed by atoms with Crippen LogP contribution in [-0.2, 0) is 9.47 Å². The largest absolute Gasteiger partial charge is 0.389 e. The molecule has 0 aromatic carbocycles. The molecule has 1 saturated carbocycles. The molecule has 10 nitrogen and oxygen atoms in total. The van der Waals surface area contributed by atoms with Gasteiger partial charge in [0.2, 0.25) is 0 Å². The first-order valence-corrected chi connectivity index (χ1v) is 8.97. The molecule has 11 N–H and O–H groups in total. The third kappa shape index (κ3) is 4.90. The van der Waals surface area contributed by atoms with E-state index in [9.17, 15) is 20.4 Å². The third-order valence-corrected chi connectivity index (χ3v) is 4.96. The molecule has 10 atom stereocenters. The average Bonchev–Trinajstić information content (AvgIpc) is 2.54. The molecule has 1 saturated heterocycles. The van der Waals surface area contributed by atoms with E-state index >= 15 is 0 Å². The minimum absolute atomic E-state index is 0.216. The van der Waals surface area contributed by atoms with Crippen LogP contribution in [0.15, 0.2) is 0 Å². The maximum absolute atomic E-state index is 10.2. The zero-order chi connectivity index (χ0) is 19.8. The van der Waals surface area contributed by atoms with Crippen LogP contribution < -0.4 is 22.5 Å². The molecular formula is C16H34N4O6. The summed E-state index contributed by atoms with van der Waals surface area (Å²) in [6.45, 7) is 6.14. The predicted octanol–water partition coefficient (Wildman–Crippen LogP) is -3.69. The van der Waals surface area contributed by atoms with Crippen molar-refractivity contribution in [2.75, 3.05) is 6.54 Å². The van der Waals surface area contributed by atoms with Gasteiger partial charge in [-0.1, -0.05) is 0 Å². The molecule has 0 radical (unpaired) electrons. The van der Waals surface area contributed by atoms with Crippen LogP contribution in [0.25, 0.3) is 0 Å². The van der Waals surface area contributed by atoms with Gasteiger partial charge in [-0.05, 0) is 27.2 Å². The van der Waals surface area contributed by atoms with E-state index in [0.29, 0.717) is 0 Å². The van der Waals surface area contributed by atoms with Gasteiger partial charge in [0.15, 0.2) is 6.29 Å². The molecule has 1 aliphatic heterocycles. The molecule has 0 bridgehead atoms. The molecule has 10 unspecified atom stereocenters. The average molecular weight is 378 g/mol. The van der Waals surface area contributed by atoms with Gasteiger partial charge in [0, 0.05) is 24.2 Å². The molecular weight excluding hydrogens is 344 g/mol. The topological polar surface area (TPSA) is 189 Å². The fraction of sp³-hybridized carbons (Fsp3) is 1.00. The highest BCUT2D eigenvalue weighted by atomic mass is 16.7. The first kappa shape index (κ1) is 21.9. The summed E-state index contributed by atoms with van der Waals surface area (Å²) in [5.41, 5.74) is 17.5. The lowest BCUT2D eigenvalue weighted by Crippen LogP contribution is -2.67. The van der Waals surface area contributed by atoms with E-state index in [1.165, 1.54) is 0 Å². The SMILES string of the molecule is CC(C)(C)NCC1OC(OC2C(N)CC(N)C(O)C2O)C(N)C(O)C1O. The zero-order valence-corrected chi connectivity index (χ0v) is 15.5. The molecule has 10 heteroatoms. The second-order valence-corrected chi connectivity index (χ2v) is 8.38. The lowest BCUT2D eigenvalue weighted by atomic mass is 9.84. The number of ether oxygens (including phenoxy) is 2. The number of hydrogen-bond donors (Lipinski definition) is 8. The number of nitrogens with one attached hydrogen (secondary N) is 1. The fourth-order valence-corrected chi connectivity index (χ4v) is 3.28. The van der Waals surface area contributed by atoms with Gasteiger partial charge in [-0.25, -0.2) is 0 Å². The molecule has 0 amide bonds. The van der Waals surface area contributed by atoms with Crippen molar-refractivity contribution >= 4 is 0 Å². The van der Waals surface area contributed by atoms with Crippen molar-refractivity contribution in [3.05, 3.63) is 0 Å². The quantitative estimate of drug-likeness (QED) is 0.242. The smallest absolute Gasteiger partial charge is 0.176 e. The summed E-state index contributed by atoms with van der Waals surface area (Å²) in [6.07, 6.45) is -7.53. The molecule has 2 fully saturated rings. The molecule has 0 aromatic rings. The van der Waals surface area contributed by atoms with E-state index in [1.807, 2.05) is 20.8 Å². The Morgan fingerprint density at radius 1 is 0.962 bits per heavy atom. The Labute approximate surface area is 153 Å². The van der Waals surface area contributed by atoms with Gasteiger partial charge in [-0.15, -0.1) is 0 Å². The maximum Gasteiger partial charge on any atom is 0.176 e. The predicted molar refractivity (Wildman–Crippen MR) is 93.9 cm³/mol. The lowest BCUT2D eigenvalue weighted by molar-refractivity contribution is -0.289. The summed E-state index contributed by atoms with van der Waals surface area (Å²) < 4.78 is 11.5. The van der Waals surface area contributed by atoms with E-state index < -0.39 is 61.0 Å². The van der Waals surface area contributed by atoms with Crippen molar-refractivity contribution < 1.29 is 29.9 Å². The molecule has 1 aliphatic carbocycles. The molecule has 26 heavy (non-hydrogen) atoms. The molecule has 0 spiro atoms. The Balaban J connectivity index is 2.07. The van der Waals surface area contributed by atoms with Gasteiger partial charge in [-0.2, -0.15) is 0 Å². The second kappa shape index (κ2) is 8.31. The van der Waals surface area contributed by atoms with E-state index in [1.54, 1.807) is 0 Å². The Morgan fingerprint density at radius 3 is 2.15 bits per heavy atom. The highest BCUT2D eigenvalue weighted by molar-refractivity contribution is 4.99. The molecule has 1 heterocycles. The molecule has 2 aliphatic rings. The van der Waals surface area contributed by atoms with Crippen molar-refractivity contribution in [1.29, 1.82) is 0 Å². The van der Waals surface area contributed by atoms with Crippen molar-refractivity contribution in [3.63, 3.8) is 0 Å². The van der Waals surface area contributed by atoms with Gasteiger partial charge in [0.1, 0.15) is 30.5 Å². The van der Waals surface area contributed by atoms with Crippen LogP contribution in [0.1, 0.15) is 27.2 Å². The van der Waals surface area contributed by atoms with Crippen molar-refractivity contribution in [1.82, 2.24) is 5.32 Å². The van der Waals surface area contributed by atoms with E-state index in [-0.39, 0.29) is 18.5 Å². The zero-order valence-electron chi connectivity index (χ0n) is 15.5. The van der Waals surface area contributed by atoms with Gasteiger partial charge < -0.3 is 52.4 Å². The fourth-order valence-electron chi connectivity index (χ4n) is 3.28. The number of hydrogen-bond acceptors (Lipinski definition) is 10. The summed E-state index contributed by atoms with van der Waals surface area (Å²) in [5, 5.41) is 43.9. The van der Waals surface area contributed by atoms with Gasteiger partial charge in [0.05, 0.1) is 12.1 Å². The Hall–Kier alpha value is -0.400. The van der Waals surface area contributed by atoms with Gasteiger partial charge in [0.25, 0.3) is 0 Å². The van der Waals surface area contributed by atoms with E-state index in [4.69, 9.17) is 26.7 Å². The van der Waals surface area contributed by atoms with Gasteiger partial charge in [-0.3, -0.25) is 0 Å². The number of aliphatic hydroxyl groups is 4. The number of nitrogens with two attached hydrogens (primary N) is 3. The van der Waals surface area contributed by atoms with Gasteiger partial charge >= 0.3 is 0 Å². The summed E-state index contributed by atoms with van der Waals surface area (Å²) in [6, 6.07) is -2.32. The van der Waals surface area contributed by atoms with Crippen LogP contribution in [-0.4, -0.2) is 93.5 Å². The summed E-state index contributed by atoms with van der Waals surface area (Å²) >= 11 is 0. The summed E-state index contributed by atoms with van der Waals surface area (Å²) in [5.74, 6) is 0. The molecule has 2 rings (SSSR count). The second-order valence-electron chi connectivity index (χ2n) is 8.38. The van der Waals surface area contributed by atoms with Crippen LogP contribution in [0.3, 0.4) is 0 Å². The van der Waals surface area contributed by atoms with E-state index in [0.717, 1.165) is 0 Å². The maximum atomic E-state index is 10.2. The van der Waals surface area contributed by atoms with Crippen LogP contribution in [0.2, 0.25) is 0 Å². The Kier molecular flexibility index (Phi) is 7.00. The normalized spacial score (nSPS) is 47.8. The van der Waals surface area contributed by atoms with Crippen LogP contribution in [0, 0.1) is 0 Å². The highest BCUT2D eigenvalue weighted by Gasteiger charge is 2.48. The summed E-state index contributed by atoms with van der Waals surface area (Å²) in [4.78, 5) is 0. The lowest BCUT2D eigenvalue weighted by Gasteiger charge is -2.46. The van der Waals surface area contributed by atoms with Crippen molar-refractivity contribution in [2.45, 2.75) is 93.8 Å². The van der Waals surface area contributed by atoms with Crippen LogP contribution in [0.4, 0.5) is 0 Å². The standard InChI is InChI=1S/C16H34N4O6/c1-16(2,3)20-5-8-11(22)12(23)9(19)15(25-8)26-14-7(18)4-6(17)10(21)13(14)24/h6-15,20-24H,4-5,17-19H2,1-3H3. The minimum atomic E-state index is -1.31. The Bertz CT molecular complexity index is 465. The minimum Gasteiger partial charge on any atom is -0.389 e. The van der Waals surface area contributed by atoms with Crippen molar-refractivity contribution in [3.8, 4) is 0 Å². The van der Waals surface area contributed by atoms with E-state index in [2.05, 4.69) is 5.32 Å². The number of rotatable bonds is 4. The van der Waals surface area contributed by atoms with Crippen molar-refractivity contribution in [2.24, 2.45) is 17.2 Å². The Morgan fingerprint density at radius 2 is 1.58 bits per heavy atom. The third-order valence-electron chi connectivity index (χ3n) is 4.96. The number of aliphatic hydroxyl groups excluding tert-OH is 4. The highest BCUT2D eigenvalue weighted by Crippen LogP contribution is 2.27. The first-order valence-electron chi connectivity index (χ1n) is 8.97.